The van der Waals surface area contributed by atoms with Gasteiger partial charge in [-0.2, -0.15) is 5.26 Å². The van der Waals surface area contributed by atoms with Crippen LogP contribution in [-0.2, 0) is 12.0 Å². The van der Waals surface area contributed by atoms with Gasteiger partial charge in [-0.05, 0) is 49.2 Å². The van der Waals surface area contributed by atoms with Crippen molar-refractivity contribution >= 4 is 23.2 Å². The number of nitrogens with one attached hydrogen (secondary N) is 1. The van der Waals surface area contributed by atoms with Gasteiger partial charge in [-0.25, -0.2) is 0 Å². The molecule has 2 unspecified atom stereocenters. The van der Waals surface area contributed by atoms with Crippen molar-refractivity contribution in [2.45, 2.75) is 24.8 Å². The molecule has 1 aromatic heterocycles. The van der Waals surface area contributed by atoms with Crippen molar-refractivity contribution in [3.05, 3.63) is 57.8 Å². The van der Waals surface area contributed by atoms with Gasteiger partial charge in [-0.3, -0.25) is 0 Å². The Labute approximate surface area is 145 Å². The number of benzene rings is 1. The molecule has 0 bridgehead atoms. The summed E-state index contributed by atoms with van der Waals surface area (Å²) in [5, 5.41) is 14.0. The number of aromatic nitrogens is 1. The van der Waals surface area contributed by atoms with Gasteiger partial charge in [0.2, 0.25) is 0 Å². The first-order chi connectivity index (χ1) is 11.1. The van der Waals surface area contributed by atoms with Gasteiger partial charge in [0.05, 0.1) is 10.0 Å². The maximum absolute atomic E-state index is 9.26. The van der Waals surface area contributed by atoms with Crippen LogP contribution in [0.5, 0.6) is 0 Å². The molecule has 1 aliphatic heterocycles. The SMILES string of the molecule is N#Cc1cccn1CC12CNCCC1(c1ccc(Cl)c(Cl)c1)C2. The van der Waals surface area contributed by atoms with E-state index in [-0.39, 0.29) is 10.8 Å². The van der Waals surface area contributed by atoms with E-state index in [1.165, 1.54) is 5.56 Å². The highest BCUT2D eigenvalue weighted by molar-refractivity contribution is 6.42. The fourth-order valence-corrected chi connectivity index (χ4v) is 4.64. The van der Waals surface area contributed by atoms with Crippen LogP contribution in [-0.4, -0.2) is 17.7 Å². The fourth-order valence-electron chi connectivity index (χ4n) is 4.34. The van der Waals surface area contributed by atoms with Gasteiger partial charge in [-0.15, -0.1) is 0 Å². The maximum Gasteiger partial charge on any atom is 0.120 e. The Morgan fingerprint density at radius 1 is 1.26 bits per heavy atom. The second kappa shape index (κ2) is 5.27. The molecular formula is C18H17Cl2N3. The summed E-state index contributed by atoms with van der Waals surface area (Å²) in [6.45, 7) is 2.84. The fraction of sp³-hybridized carbons (Fsp3) is 0.389. The molecule has 2 aromatic rings. The van der Waals surface area contributed by atoms with E-state index in [0.29, 0.717) is 10.0 Å². The van der Waals surface area contributed by atoms with Crippen molar-refractivity contribution in [3.63, 3.8) is 0 Å². The van der Waals surface area contributed by atoms with Gasteiger partial charge < -0.3 is 9.88 Å². The predicted octanol–water partition coefficient (Wildman–Crippen LogP) is 3.99. The second-order valence-corrected chi connectivity index (χ2v) is 7.54. The molecule has 118 valence electrons. The molecule has 2 aliphatic rings. The summed E-state index contributed by atoms with van der Waals surface area (Å²) in [4.78, 5) is 0. The Balaban J connectivity index is 1.71. The lowest BCUT2D eigenvalue weighted by molar-refractivity contribution is 0.285. The molecule has 23 heavy (non-hydrogen) atoms. The number of halogens is 2. The van der Waals surface area contributed by atoms with Crippen LogP contribution in [0.4, 0.5) is 0 Å². The number of nitriles is 1. The Bertz CT molecular complexity index is 807. The molecule has 0 radical (unpaired) electrons. The van der Waals surface area contributed by atoms with E-state index < -0.39 is 0 Å². The van der Waals surface area contributed by atoms with Crippen molar-refractivity contribution in [2.24, 2.45) is 5.41 Å². The monoisotopic (exact) mass is 345 g/mol. The Hall–Kier alpha value is -1.47. The summed E-state index contributed by atoms with van der Waals surface area (Å²) >= 11 is 12.3. The van der Waals surface area contributed by atoms with Gasteiger partial charge >= 0.3 is 0 Å². The number of hydrogen-bond donors (Lipinski definition) is 1. The Morgan fingerprint density at radius 3 is 2.91 bits per heavy atom. The molecule has 1 aromatic carbocycles. The first-order valence-electron chi connectivity index (χ1n) is 7.82. The zero-order valence-electron chi connectivity index (χ0n) is 12.6. The van der Waals surface area contributed by atoms with Crippen molar-refractivity contribution in [2.75, 3.05) is 13.1 Å². The lowest BCUT2D eigenvalue weighted by Crippen LogP contribution is -2.40. The van der Waals surface area contributed by atoms with Crippen LogP contribution in [0.1, 0.15) is 24.1 Å². The molecule has 2 heterocycles. The minimum Gasteiger partial charge on any atom is -0.339 e. The first kappa shape index (κ1) is 15.1. The Kier molecular flexibility index (Phi) is 3.46. The normalized spacial score (nSPS) is 28.9. The summed E-state index contributed by atoms with van der Waals surface area (Å²) in [6.07, 6.45) is 4.21. The summed E-state index contributed by atoms with van der Waals surface area (Å²) in [6, 6.07) is 12.1. The maximum atomic E-state index is 9.26. The van der Waals surface area contributed by atoms with E-state index in [9.17, 15) is 5.26 Å². The highest BCUT2D eigenvalue weighted by atomic mass is 35.5. The third-order valence-electron chi connectivity index (χ3n) is 5.61. The van der Waals surface area contributed by atoms with Gasteiger partial charge in [0.15, 0.2) is 0 Å². The van der Waals surface area contributed by atoms with Crippen molar-refractivity contribution in [1.82, 2.24) is 9.88 Å². The molecule has 0 spiro atoms. The van der Waals surface area contributed by atoms with Crippen LogP contribution in [0.2, 0.25) is 10.0 Å². The predicted molar refractivity (Wildman–Crippen MR) is 91.8 cm³/mol. The zero-order valence-corrected chi connectivity index (χ0v) is 14.2. The number of piperidine rings is 1. The molecular weight excluding hydrogens is 329 g/mol. The molecule has 2 atom stereocenters. The van der Waals surface area contributed by atoms with Crippen LogP contribution in [0, 0.1) is 16.7 Å². The van der Waals surface area contributed by atoms with Crippen molar-refractivity contribution in [1.29, 1.82) is 5.26 Å². The standard InChI is InChI=1S/C18H17Cl2N3/c19-15-4-3-13(8-16(15)20)18-5-6-22-11-17(18,10-18)12-23-7-1-2-14(23)9-21/h1-4,7-8,22H,5-6,10-12H2. The molecule has 0 amide bonds. The molecule has 3 nitrogen and oxygen atoms in total. The highest BCUT2D eigenvalue weighted by Gasteiger charge is 2.68. The lowest BCUT2D eigenvalue weighted by atomic mass is 9.81. The van der Waals surface area contributed by atoms with Crippen LogP contribution < -0.4 is 5.32 Å². The van der Waals surface area contributed by atoms with Crippen LogP contribution in [0.3, 0.4) is 0 Å². The molecule has 1 N–H and O–H groups in total. The number of nitrogens with zero attached hydrogens (tertiary/aromatic N) is 2. The molecule has 2 fully saturated rings. The van der Waals surface area contributed by atoms with Gasteiger partial charge in [0, 0.05) is 30.1 Å². The summed E-state index contributed by atoms with van der Waals surface area (Å²) < 4.78 is 2.08. The lowest BCUT2D eigenvalue weighted by Gasteiger charge is -2.32. The molecule has 1 saturated heterocycles. The van der Waals surface area contributed by atoms with Crippen LogP contribution in [0.15, 0.2) is 36.5 Å². The van der Waals surface area contributed by atoms with Gasteiger partial charge in [0.25, 0.3) is 0 Å². The van der Waals surface area contributed by atoms with Gasteiger partial charge in [0.1, 0.15) is 11.8 Å². The average Bonchev–Trinajstić information content (AvgIpc) is 3.03. The van der Waals surface area contributed by atoms with Crippen LogP contribution >= 0.6 is 23.2 Å². The first-order valence-corrected chi connectivity index (χ1v) is 8.57. The van der Waals surface area contributed by atoms with Crippen molar-refractivity contribution in [3.8, 4) is 6.07 Å². The van der Waals surface area contributed by atoms with E-state index >= 15 is 0 Å². The van der Waals surface area contributed by atoms with E-state index in [0.717, 1.165) is 38.2 Å². The number of hydrogen-bond acceptors (Lipinski definition) is 2. The summed E-state index contributed by atoms with van der Waals surface area (Å²) in [7, 11) is 0. The third-order valence-corrected chi connectivity index (χ3v) is 6.35. The highest BCUT2D eigenvalue weighted by Crippen LogP contribution is 2.68. The second-order valence-electron chi connectivity index (χ2n) is 6.73. The minimum absolute atomic E-state index is 0.142. The molecule has 1 aliphatic carbocycles. The van der Waals surface area contributed by atoms with E-state index in [2.05, 4.69) is 22.0 Å². The quantitative estimate of drug-likeness (QED) is 0.913. The molecule has 4 rings (SSSR count). The molecule has 5 heteroatoms. The minimum atomic E-state index is 0.142. The van der Waals surface area contributed by atoms with E-state index in [1.54, 1.807) is 0 Å². The summed E-state index contributed by atoms with van der Waals surface area (Å²) in [5.41, 5.74) is 2.29. The average molecular weight is 346 g/mol. The number of fused-ring (bicyclic) bond motifs is 1. The third kappa shape index (κ3) is 2.21. The van der Waals surface area contributed by atoms with E-state index in [1.807, 2.05) is 30.5 Å². The largest absolute Gasteiger partial charge is 0.339 e. The van der Waals surface area contributed by atoms with Crippen molar-refractivity contribution < 1.29 is 0 Å². The number of rotatable bonds is 3. The van der Waals surface area contributed by atoms with Crippen LogP contribution in [0.25, 0.3) is 0 Å². The topological polar surface area (TPSA) is 40.8 Å². The van der Waals surface area contributed by atoms with E-state index in [4.69, 9.17) is 23.2 Å². The zero-order chi connectivity index (χ0) is 16.1. The molecule has 1 saturated carbocycles. The summed E-state index contributed by atoms with van der Waals surface area (Å²) in [5.74, 6) is 0. The smallest absolute Gasteiger partial charge is 0.120 e. The van der Waals surface area contributed by atoms with Gasteiger partial charge in [-0.1, -0.05) is 29.3 Å². The Morgan fingerprint density at radius 2 is 2.13 bits per heavy atom.